The maximum absolute atomic E-state index is 12.4. The number of aryl methyl sites for hydroxylation is 1. The molecular formula is C19H25N3O2. The molecule has 0 radical (unpaired) electrons. The molecule has 0 bridgehead atoms. The number of rotatable bonds is 5. The van der Waals surface area contributed by atoms with Crippen LogP contribution in [0.4, 0.5) is 5.69 Å². The van der Waals surface area contributed by atoms with Crippen LogP contribution in [0.15, 0.2) is 35.9 Å². The Labute approximate surface area is 143 Å². The van der Waals surface area contributed by atoms with Gasteiger partial charge in [-0.25, -0.2) is 0 Å². The zero-order valence-electron chi connectivity index (χ0n) is 14.2. The van der Waals surface area contributed by atoms with Gasteiger partial charge in [0.2, 0.25) is 11.8 Å². The lowest BCUT2D eigenvalue weighted by atomic mass is 10.1. The van der Waals surface area contributed by atoms with Crippen LogP contribution in [0.3, 0.4) is 0 Å². The largest absolute Gasteiger partial charge is 0.352 e. The van der Waals surface area contributed by atoms with Crippen molar-refractivity contribution in [2.45, 2.75) is 26.2 Å². The van der Waals surface area contributed by atoms with E-state index < -0.39 is 0 Å². The Balaban J connectivity index is 1.57. The Hall–Kier alpha value is -2.14. The normalized spacial score (nSPS) is 20.9. The Morgan fingerprint density at radius 2 is 2.12 bits per heavy atom. The first-order valence-electron chi connectivity index (χ1n) is 8.73. The van der Waals surface area contributed by atoms with Crippen molar-refractivity contribution in [1.29, 1.82) is 0 Å². The molecule has 2 N–H and O–H groups in total. The second kappa shape index (κ2) is 7.62. The molecule has 5 heteroatoms. The summed E-state index contributed by atoms with van der Waals surface area (Å²) in [7, 11) is 0. The predicted molar refractivity (Wildman–Crippen MR) is 94.9 cm³/mol. The third-order valence-electron chi connectivity index (χ3n) is 4.80. The number of nitrogens with zero attached hydrogens (tertiary/aromatic N) is 1. The fourth-order valence-electron chi connectivity index (χ4n) is 3.22. The molecule has 2 aliphatic heterocycles. The maximum atomic E-state index is 12.4. The molecular weight excluding hydrogens is 302 g/mol. The topological polar surface area (TPSA) is 61.4 Å². The fourth-order valence-corrected chi connectivity index (χ4v) is 3.22. The van der Waals surface area contributed by atoms with E-state index in [2.05, 4.69) is 23.6 Å². The van der Waals surface area contributed by atoms with Crippen molar-refractivity contribution in [3.05, 3.63) is 41.5 Å². The number of carbonyl (C=O) groups excluding carboxylic acids is 2. The minimum absolute atomic E-state index is 0.0181. The molecule has 0 aromatic heterocycles. The molecule has 2 aliphatic rings. The van der Waals surface area contributed by atoms with Crippen molar-refractivity contribution in [3.63, 3.8) is 0 Å². The minimum atomic E-state index is -0.259. The monoisotopic (exact) mass is 327 g/mol. The first-order valence-corrected chi connectivity index (χ1v) is 8.73. The number of benzene rings is 1. The SMILES string of the molecule is CCc1ccc(N2CC(C(=O)NCC3=CCNCC3)CC2=O)cc1. The molecule has 5 nitrogen and oxygen atoms in total. The average molecular weight is 327 g/mol. The van der Waals surface area contributed by atoms with E-state index in [1.807, 2.05) is 24.3 Å². The van der Waals surface area contributed by atoms with Gasteiger partial charge in [-0.1, -0.05) is 30.7 Å². The van der Waals surface area contributed by atoms with E-state index in [4.69, 9.17) is 0 Å². The van der Waals surface area contributed by atoms with E-state index in [9.17, 15) is 9.59 Å². The molecule has 2 heterocycles. The standard InChI is InChI=1S/C19H25N3O2/c1-2-14-3-5-17(6-4-14)22-13-16(11-18(22)23)19(24)21-12-15-7-9-20-10-8-15/h3-7,16,20H,2,8-13H2,1H3,(H,21,24). The van der Waals surface area contributed by atoms with Gasteiger partial charge in [0, 0.05) is 31.7 Å². The molecule has 1 atom stereocenters. The van der Waals surface area contributed by atoms with Crippen LogP contribution in [-0.4, -0.2) is 38.0 Å². The van der Waals surface area contributed by atoms with Crippen molar-refractivity contribution in [2.24, 2.45) is 5.92 Å². The van der Waals surface area contributed by atoms with E-state index in [1.165, 1.54) is 11.1 Å². The molecule has 1 saturated heterocycles. The summed E-state index contributed by atoms with van der Waals surface area (Å²) >= 11 is 0. The van der Waals surface area contributed by atoms with Crippen molar-refractivity contribution in [1.82, 2.24) is 10.6 Å². The van der Waals surface area contributed by atoms with E-state index in [0.29, 0.717) is 19.5 Å². The van der Waals surface area contributed by atoms with Crippen LogP contribution in [0.2, 0.25) is 0 Å². The number of amides is 2. The summed E-state index contributed by atoms with van der Waals surface area (Å²) < 4.78 is 0. The van der Waals surface area contributed by atoms with Gasteiger partial charge in [-0.2, -0.15) is 0 Å². The van der Waals surface area contributed by atoms with Gasteiger partial charge in [0.15, 0.2) is 0 Å². The Kier molecular flexibility index (Phi) is 5.30. The highest BCUT2D eigenvalue weighted by molar-refractivity contribution is 6.00. The highest BCUT2D eigenvalue weighted by Crippen LogP contribution is 2.25. The van der Waals surface area contributed by atoms with Crippen molar-refractivity contribution in [3.8, 4) is 0 Å². The summed E-state index contributed by atoms with van der Waals surface area (Å²) in [5, 5.41) is 6.25. The van der Waals surface area contributed by atoms with Crippen LogP contribution in [-0.2, 0) is 16.0 Å². The number of carbonyl (C=O) groups is 2. The molecule has 0 spiro atoms. The van der Waals surface area contributed by atoms with E-state index in [-0.39, 0.29) is 17.7 Å². The molecule has 2 amide bonds. The molecule has 24 heavy (non-hydrogen) atoms. The molecule has 1 aromatic carbocycles. The zero-order valence-corrected chi connectivity index (χ0v) is 14.2. The molecule has 1 aromatic rings. The molecule has 0 saturated carbocycles. The first-order chi connectivity index (χ1) is 11.7. The van der Waals surface area contributed by atoms with Gasteiger partial charge < -0.3 is 15.5 Å². The average Bonchev–Trinajstić information content (AvgIpc) is 3.02. The fraction of sp³-hybridized carbons (Fsp3) is 0.474. The second-order valence-electron chi connectivity index (χ2n) is 6.46. The third-order valence-corrected chi connectivity index (χ3v) is 4.80. The number of nitrogens with one attached hydrogen (secondary N) is 2. The number of hydrogen-bond acceptors (Lipinski definition) is 3. The van der Waals surface area contributed by atoms with Crippen LogP contribution in [0, 0.1) is 5.92 Å². The summed E-state index contributed by atoms with van der Waals surface area (Å²) in [6.07, 6.45) is 4.37. The van der Waals surface area contributed by atoms with Crippen LogP contribution in [0.25, 0.3) is 0 Å². The molecule has 1 fully saturated rings. The lowest BCUT2D eigenvalue weighted by Gasteiger charge is -2.18. The summed E-state index contributed by atoms with van der Waals surface area (Å²) in [4.78, 5) is 26.4. The van der Waals surface area contributed by atoms with Gasteiger partial charge >= 0.3 is 0 Å². The summed E-state index contributed by atoms with van der Waals surface area (Å²) in [5.74, 6) is -0.249. The van der Waals surface area contributed by atoms with Crippen LogP contribution in [0.5, 0.6) is 0 Å². The zero-order chi connectivity index (χ0) is 16.9. The summed E-state index contributed by atoms with van der Waals surface area (Å²) in [5.41, 5.74) is 3.39. The van der Waals surface area contributed by atoms with Gasteiger partial charge in [0.25, 0.3) is 0 Å². The smallest absolute Gasteiger partial charge is 0.227 e. The van der Waals surface area contributed by atoms with Crippen molar-refractivity contribution >= 4 is 17.5 Å². The first kappa shape index (κ1) is 16.7. The van der Waals surface area contributed by atoms with Crippen molar-refractivity contribution < 1.29 is 9.59 Å². The van der Waals surface area contributed by atoms with Gasteiger partial charge in [-0.15, -0.1) is 0 Å². The van der Waals surface area contributed by atoms with E-state index in [0.717, 1.165) is 31.6 Å². The second-order valence-corrected chi connectivity index (χ2v) is 6.46. The Morgan fingerprint density at radius 3 is 2.79 bits per heavy atom. The van der Waals surface area contributed by atoms with E-state index >= 15 is 0 Å². The lowest BCUT2D eigenvalue weighted by Crippen LogP contribution is -2.35. The maximum Gasteiger partial charge on any atom is 0.227 e. The van der Waals surface area contributed by atoms with Gasteiger partial charge in [-0.3, -0.25) is 9.59 Å². The third kappa shape index (κ3) is 3.85. The number of anilines is 1. The predicted octanol–water partition coefficient (Wildman–Crippen LogP) is 1.64. The molecule has 1 unspecified atom stereocenters. The van der Waals surface area contributed by atoms with Gasteiger partial charge in [0.1, 0.15) is 0 Å². The molecule has 128 valence electrons. The minimum Gasteiger partial charge on any atom is -0.352 e. The number of hydrogen-bond donors (Lipinski definition) is 2. The Morgan fingerprint density at radius 1 is 1.33 bits per heavy atom. The Bertz CT molecular complexity index is 637. The molecule has 3 rings (SSSR count). The highest BCUT2D eigenvalue weighted by atomic mass is 16.2. The van der Waals surface area contributed by atoms with Crippen LogP contribution >= 0.6 is 0 Å². The van der Waals surface area contributed by atoms with Crippen LogP contribution < -0.4 is 15.5 Å². The van der Waals surface area contributed by atoms with Gasteiger partial charge in [-0.05, 0) is 37.1 Å². The molecule has 0 aliphatic carbocycles. The van der Waals surface area contributed by atoms with Gasteiger partial charge in [0.05, 0.1) is 5.92 Å². The quantitative estimate of drug-likeness (QED) is 0.808. The summed E-state index contributed by atoms with van der Waals surface area (Å²) in [6.45, 7) is 5.00. The summed E-state index contributed by atoms with van der Waals surface area (Å²) in [6, 6.07) is 8.02. The van der Waals surface area contributed by atoms with Crippen LogP contribution in [0.1, 0.15) is 25.3 Å². The van der Waals surface area contributed by atoms with E-state index in [1.54, 1.807) is 4.90 Å². The van der Waals surface area contributed by atoms with Crippen molar-refractivity contribution in [2.75, 3.05) is 31.1 Å². The highest BCUT2D eigenvalue weighted by Gasteiger charge is 2.35. The lowest BCUT2D eigenvalue weighted by molar-refractivity contribution is -0.126.